The molecule has 112 valence electrons. The van der Waals surface area contributed by atoms with E-state index in [1.165, 1.54) is 49.0 Å². The number of hydrogen-bond donors (Lipinski definition) is 1. The summed E-state index contributed by atoms with van der Waals surface area (Å²) in [6.07, 6.45) is 4.60. The van der Waals surface area contributed by atoms with Crippen molar-refractivity contribution in [2.24, 2.45) is 5.92 Å². The lowest BCUT2D eigenvalue weighted by atomic mass is 9.92. The van der Waals surface area contributed by atoms with Crippen molar-refractivity contribution in [1.82, 2.24) is 4.90 Å². The number of nitrogens with zero attached hydrogens (tertiary/aromatic N) is 1. The average molecular weight is 275 g/mol. The minimum Gasteiger partial charge on any atom is -0.393 e. The van der Waals surface area contributed by atoms with E-state index in [-0.39, 0.29) is 6.10 Å². The highest BCUT2D eigenvalue weighted by atomic mass is 16.3. The molecule has 1 saturated heterocycles. The number of aliphatic hydroxyl groups excluding tert-OH is 1. The van der Waals surface area contributed by atoms with Crippen molar-refractivity contribution in [2.75, 3.05) is 13.1 Å². The molecule has 0 saturated carbocycles. The molecule has 20 heavy (non-hydrogen) atoms. The fourth-order valence-electron chi connectivity index (χ4n) is 3.17. The minimum absolute atomic E-state index is 0.148. The van der Waals surface area contributed by atoms with Crippen LogP contribution in [0.2, 0.25) is 0 Å². The van der Waals surface area contributed by atoms with Crippen LogP contribution in [0.4, 0.5) is 0 Å². The van der Waals surface area contributed by atoms with Gasteiger partial charge in [0.1, 0.15) is 0 Å². The van der Waals surface area contributed by atoms with Crippen LogP contribution in [-0.4, -0.2) is 29.2 Å². The van der Waals surface area contributed by atoms with Gasteiger partial charge in [-0.3, -0.25) is 4.90 Å². The number of rotatable bonds is 5. The second-order valence-electron chi connectivity index (χ2n) is 6.59. The quantitative estimate of drug-likeness (QED) is 0.886. The van der Waals surface area contributed by atoms with E-state index in [1.807, 2.05) is 6.92 Å². The van der Waals surface area contributed by atoms with Crippen LogP contribution in [0.1, 0.15) is 49.3 Å². The first-order chi connectivity index (χ1) is 9.54. The van der Waals surface area contributed by atoms with E-state index in [0.29, 0.717) is 0 Å². The molecule has 0 aromatic heterocycles. The zero-order chi connectivity index (χ0) is 14.5. The van der Waals surface area contributed by atoms with Crippen LogP contribution >= 0.6 is 0 Å². The summed E-state index contributed by atoms with van der Waals surface area (Å²) in [5.41, 5.74) is 4.21. The van der Waals surface area contributed by atoms with Crippen LogP contribution in [0.25, 0.3) is 0 Å². The maximum absolute atomic E-state index is 9.43. The summed E-state index contributed by atoms with van der Waals surface area (Å²) in [5.74, 6) is 0.768. The monoisotopic (exact) mass is 275 g/mol. The molecule has 0 radical (unpaired) electrons. The molecule has 2 nitrogen and oxygen atoms in total. The van der Waals surface area contributed by atoms with E-state index < -0.39 is 0 Å². The fourth-order valence-corrected chi connectivity index (χ4v) is 3.17. The van der Waals surface area contributed by atoms with Gasteiger partial charge in [-0.1, -0.05) is 18.2 Å². The molecule has 2 unspecified atom stereocenters. The second-order valence-corrected chi connectivity index (χ2v) is 6.59. The number of benzene rings is 1. The highest BCUT2D eigenvalue weighted by molar-refractivity contribution is 5.29. The predicted octanol–water partition coefficient (Wildman–Crippen LogP) is 3.68. The predicted molar refractivity (Wildman–Crippen MR) is 84.8 cm³/mol. The summed E-state index contributed by atoms with van der Waals surface area (Å²) in [7, 11) is 0. The molecule has 2 rings (SSSR count). The van der Waals surface area contributed by atoms with Gasteiger partial charge in [0.15, 0.2) is 0 Å². The molecule has 0 aliphatic carbocycles. The van der Waals surface area contributed by atoms with Gasteiger partial charge in [-0.05, 0) is 75.6 Å². The maximum atomic E-state index is 9.43. The number of piperidine rings is 1. The first kappa shape index (κ1) is 15.5. The van der Waals surface area contributed by atoms with Crippen LogP contribution in [0.3, 0.4) is 0 Å². The van der Waals surface area contributed by atoms with E-state index >= 15 is 0 Å². The lowest BCUT2D eigenvalue weighted by Crippen LogP contribution is -2.35. The second kappa shape index (κ2) is 7.24. The van der Waals surface area contributed by atoms with Gasteiger partial charge in [-0.25, -0.2) is 0 Å². The van der Waals surface area contributed by atoms with E-state index in [0.717, 1.165) is 18.9 Å². The Hall–Kier alpha value is -0.860. The van der Waals surface area contributed by atoms with Crippen molar-refractivity contribution in [3.05, 3.63) is 34.9 Å². The summed E-state index contributed by atoms with van der Waals surface area (Å²) in [6, 6.07) is 6.83. The van der Waals surface area contributed by atoms with Crippen molar-refractivity contribution >= 4 is 0 Å². The number of hydrogen-bond acceptors (Lipinski definition) is 2. The Labute approximate surface area is 123 Å². The Kier molecular flexibility index (Phi) is 5.62. The Balaban J connectivity index is 1.87. The minimum atomic E-state index is -0.148. The van der Waals surface area contributed by atoms with E-state index in [9.17, 15) is 5.11 Å². The standard InChI is InChI=1S/C18H29NO/c1-14-6-8-18(11-15(14)2)13-19-10-4-5-17(12-19)9-7-16(3)20/h6,8,11,16-17,20H,4-5,7,9-10,12-13H2,1-3H3. The molecule has 1 fully saturated rings. The molecule has 1 N–H and O–H groups in total. The largest absolute Gasteiger partial charge is 0.393 e. The van der Waals surface area contributed by atoms with Gasteiger partial charge >= 0.3 is 0 Å². The van der Waals surface area contributed by atoms with E-state index in [4.69, 9.17) is 0 Å². The van der Waals surface area contributed by atoms with Crippen molar-refractivity contribution in [2.45, 2.75) is 59.1 Å². The van der Waals surface area contributed by atoms with Gasteiger partial charge in [-0.15, -0.1) is 0 Å². The zero-order valence-corrected chi connectivity index (χ0v) is 13.2. The smallest absolute Gasteiger partial charge is 0.0512 e. The van der Waals surface area contributed by atoms with Gasteiger partial charge in [0.2, 0.25) is 0 Å². The molecular weight excluding hydrogens is 246 g/mol. The lowest BCUT2D eigenvalue weighted by molar-refractivity contribution is 0.133. The van der Waals surface area contributed by atoms with Gasteiger partial charge in [0.25, 0.3) is 0 Å². The molecule has 0 spiro atoms. The molecule has 1 aromatic rings. The van der Waals surface area contributed by atoms with Gasteiger partial charge < -0.3 is 5.11 Å². The first-order valence-electron chi connectivity index (χ1n) is 8.01. The molecule has 2 atom stereocenters. The van der Waals surface area contributed by atoms with Crippen LogP contribution in [0.15, 0.2) is 18.2 Å². The Morgan fingerprint density at radius 2 is 2.10 bits per heavy atom. The van der Waals surface area contributed by atoms with Crippen molar-refractivity contribution in [3.8, 4) is 0 Å². The van der Waals surface area contributed by atoms with Crippen LogP contribution < -0.4 is 0 Å². The van der Waals surface area contributed by atoms with Crippen molar-refractivity contribution < 1.29 is 5.11 Å². The molecule has 1 aliphatic heterocycles. The van der Waals surface area contributed by atoms with Crippen LogP contribution in [0.5, 0.6) is 0 Å². The lowest BCUT2D eigenvalue weighted by Gasteiger charge is -2.33. The SMILES string of the molecule is Cc1ccc(CN2CCCC(CCC(C)O)C2)cc1C. The van der Waals surface area contributed by atoms with Crippen molar-refractivity contribution in [1.29, 1.82) is 0 Å². The third-order valence-electron chi connectivity index (χ3n) is 4.57. The van der Waals surface area contributed by atoms with E-state index in [2.05, 4.69) is 36.9 Å². The highest BCUT2D eigenvalue weighted by Gasteiger charge is 2.20. The third kappa shape index (κ3) is 4.60. The Morgan fingerprint density at radius 1 is 1.30 bits per heavy atom. The number of aliphatic hydroxyl groups is 1. The zero-order valence-electron chi connectivity index (χ0n) is 13.2. The van der Waals surface area contributed by atoms with Gasteiger partial charge in [-0.2, -0.15) is 0 Å². The molecule has 0 bridgehead atoms. The molecule has 1 aliphatic rings. The molecule has 1 aromatic carbocycles. The van der Waals surface area contributed by atoms with E-state index in [1.54, 1.807) is 0 Å². The summed E-state index contributed by atoms with van der Waals surface area (Å²) >= 11 is 0. The van der Waals surface area contributed by atoms with Gasteiger partial charge in [0, 0.05) is 13.1 Å². The van der Waals surface area contributed by atoms with Crippen LogP contribution in [-0.2, 0) is 6.54 Å². The Morgan fingerprint density at radius 3 is 2.80 bits per heavy atom. The third-order valence-corrected chi connectivity index (χ3v) is 4.57. The molecular formula is C18H29NO. The normalized spacial score (nSPS) is 21.9. The first-order valence-corrected chi connectivity index (χ1v) is 8.01. The van der Waals surface area contributed by atoms with Gasteiger partial charge in [0.05, 0.1) is 6.10 Å². The van der Waals surface area contributed by atoms with Crippen LogP contribution in [0, 0.1) is 19.8 Å². The summed E-state index contributed by atoms with van der Waals surface area (Å²) in [5, 5.41) is 9.43. The molecule has 0 amide bonds. The summed E-state index contributed by atoms with van der Waals surface area (Å²) in [4.78, 5) is 2.58. The fraction of sp³-hybridized carbons (Fsp3) is 0.667. The summed E-state index contributed by atoms with van der Waals surface area (Å²) in [6.45, 7) is 9.76. The Bertz CT molecular complexity index is 427. The topological polar surface area (TPSA) is 23.5 Å². The highest BCUT2D eigenvalue weighted by Crippen LogP contribution is 2.23. The molecule has 1 heterocycles. The molecule has 2 heteroatoms. The maximum Gasteiger partial charge on any atom is 0.0512 e. The number of likely N-dealkylation sites (tertiary alicyclic amines) is 1. The summed E-state index contributed by atoms with van der Waals surface area (Å²) < 4.78 is 0. The average Bonchev–Trinajstić information content (AvgIpc) is 2.41. The number of aryl methyl sites for hydroxylation is 2. The van der Waals surface area contributed by atoms with Crippen molar-refractivity contribution in [3.63, 3.8) is 0 Å².